The highest BCUT2D eigenvalue weighted by molar-refractivity contribution is 5.86. The Bertz CT molecular complexity index is 869. The number of hydrogen-bond donors (Lipinski definition) is 2. The maximum atomic E-state index is 13.1. The molecule has 0 aromatic heterocycles. The van der Waals surface area contributed by atoms with E-state index < -0.39 is 0 Å². The zero-order valence-electron chi connectivity index (χ0n) is 19.3. The molecular formula is C26H38N4O. The van der Waals surface area contributed by atoms with Gasteiger partial charge >= 0.3 is 0 Å². The molecule has 2 aliphatic heterocycles. The summed E-state index contributed by atoms with van der Waals surface area (Å²) in [6.45, 7) is 11.6. The molecule has 5 heteroatoms. The van der Waals surface area contributed by atoms with Gasteiger partial charge in [-0.15, -0.1) is 0 Å². The molecule has 0 spiro atoms. The van der Waals surface area contributed by atoms with Crippen molar-refractivity contribution in [2.24, 2.45) is 0 Å². The summed E-state index contributed by atoms with van der Waals surface area (Å²) in [5.74, 6) is 0.167. The number of amides is 1. The molecule has 2 aliphatic rings. The van der Waals surface area contributed by atoms with Crippen molar-refractivity contribution in [3.05, 3.63) is 48.0 Å². The topological polar surface area (TPSA) is 47.6 Å². The molecule has 31 heavy (non-hydrogen) atoms. The number of nitrogens with zero attached hydrogens (tertiary/aromatic N) is 2. The van der Waals surface area contributed by atoms with Crippen LogP contribution in [0.4, 0.5) is 0 Å². The molecule has 5 nitrogen and oxygen atoms in total. The number of carbonyl (C=O) groups is 1. The molecule has 2 aromatic rings. The molecule has 2 atom stereocenters. The van der Waals surface area contributed by atoms with Crippen LogP contribution in [0.15, 0.2) is 42.5 Å². The van der Waals surface area contributed by atoms with Gasteiger partial charge in [0.1, 0.15) is 0 Å². The minimum atomic E-state index is -0.0744. The Morgan fingerprint density at radius 1 is 1.06 bits per heavy atom. The number of likely N-dealkylation sites (tertiary alicyclic amines) is 2. The van der Waals surface area contributed by atoms with Crippen molar-refractivity contribution in [1.29, 1.82) is 0 Å². The third-order valence-corrected chi connectivity index (χ3v) is 6.90. The third kappa shape index (κ3) is 5.46. The average molecular weight is 423 g/mol. The van der Waals surface area contributed by atoms with Gasteiger partial charge in [0, 0.05) is 31.2 Å². The summed E-state index contributed by atoms with van der Waals surface area (Å²) in [7, 11) is 0. The van der Waals surface area contributed by atoms with Crippen LogP contribution in [0, 0.1) is 0 Å². The molecule has 2 N–H and O–H groups in total. The minimum absolute atomic E-state index is 0.0744. The number of nitrogens with one attached hydrogen (secondary N) is 2. The van der Waals surface area contributed by atoms with Crippen molar-refractivity contribution in [2.75, 3.05) is 26.2 Å². The van der Waals surface area contributed by atoms with Crippen LogP contribution in [0.5, 0.6) is 0 Å². The van der Waals surface area contributed by atoms with Crippen molar-refractivity contribution in [2.45, 2.75) is 70.7 Å². The lowest BCUT2D eigenvalue weighted by Gasteiger charge is -2.33. The van der Waals surface area contributed by atoms with E-state index in [-0.39, 0.29) is 18.0 Å². The van der Waals surface area contributed by atoms with E-state index in [1.54, 1.807) is 0 Å². The first-order valence-corrected chi connectivity index (χ1v) is 12.0. The molecule has 0 aliphatic carbocycles. The molecule has 0 bridgehead atoms. The van der Waals surface area contributed by atoms with Crippen molar-refractivity contribution in [1.82, 2.24) is 20.4 Å². The molecule has 168 valence electrons. The largest absolute Gasteiger partial charge is 0.353 e. The van der Waals surface area contributed by atoms with E-state index in [9.17, 15) is 4.79 Å². The van der Waals surface area contributed by atoms with Gasteiger partial charge in [0.05, 0.1) is 6.04 Å². The van der Waals surface area contributed by atoms with Crippen molar-refractivity contribution in [3.63, 3.8) is 0 Å². The lowest BCUT2D eigenvalue weighted by atomic mass is 10.0. The number of carbonyl (C=O) groups excluding carboxylic acids is 1. The van der Waals surface area contributed by atoms with E-state index in [0.717, 1.165) is 26.1 Å². The first-order chi connectivity index (χ1) is 15.0. The van der Waals surface area contributed by atoms with Gasteiger partial charge in [-0.1, -0.05) is 49.4 Å². The quantitative estimate of drug-likeness (QED) is 0.718. The van der Waals surface area contributed by atoms with Gasteiger partial charge in [-0.3, -0.25) is 9.69 Å². The minimum Gasteiger partial charge on any atom is -0.353 e. The molecule has 2 fully saturated rings. The molecule has 2 heterocycles. The molecule has 0 saturated carbocycles. The Hall–Kier alpha value is -1.95. The maximum absolute atomic E-state index is 13.1. The van der Waals surface area contributed by atoms with Crippen LogP contribution in [0.3, 0.4) is 0 Å². The van der Waals surface area contributed by atoms with Crippen molar-refractivity contribution >= 4 is 16.7 Å². The van der Waals surface area contributed by atoms with E-state index in [1.807, 2.05) is 13.8 Å². The first-order valence-electron chi connectivity index (χ1n) is 12.0. The van der Waals surface area contributed by atoms with Crippen LogP contribution in [-0.4, -0.2) is 66.1 Å². The van der Waals surface area contributed by atoms with E-state index in [4.69, 9.17) is 0 Å². The highest BCUT2D eigenvalue weighted by Crippen LogP contribution is 2.26. The summed E-state index contributed by atoms with van der Waals surface area (Å²) < 4.78 is 0. The molecule has 0 unspecified atom stereocenters. The molecule has 4 rings (SSSR count). The average Bonchev–Trinajstić information content (AvgIpc) is 3.16. The SMILES string of the molecule is CCN1CCC(N[C@@H]2C[C@@H](C(=O)NC(C)C)N(Cc3cccc4ccccc34)C2)CC1. The second-order valence-electron chi connectivity index (χ2n) is 9.55. The summed E-state index contributed by atoms with van der Waals surface area (Å²) in [5, 5.41) is 9.62. The lowest BCUT2D eigenvalue weighted by Crippen LogP contribution is -2.46. The molecule has 1 amide bonds. The van der Waals surface area contributed by atoms with E-state index in [1.165, 1.54) is 42.3 Å². The van der Waals surface area contributed by atoms with E-state index in [2.05, 4.69) is 69.8 Å². The maximum Gasteiger partial charge on any atom is 0.237 e. The number of fused-ring (bicyclic) bond motifs is 1. The van der Waals surface area contributed by atoms with Gasteiger partial charge in [0.25, 0.3) is 0 Å². The van der Waals surface area contributed by atoms with Gasteiger partial charge in [-0.25, -0.2) is 0 Å². The number of hydrogen-bond acceptors (Lipinski definition) is 4. The van der Waals surface area contributed by atoms with Gasteiger partial charge in [0.15, 0.2) is 0 Å². The fourth-order valence-corrected chi connectivity index (χ4v) is 5.25. The zero-order chi connectivity index (χ0) is 21.8. The number of piperidine rings is 1. The summed E-state index contributed by atoms with van der Waals surface area (Å²) in [6, 6.07) is 16.1. The Balaban J connectivity index is 1.47. The summed E-state index contributed by atoms with van der Waals surface area (Å²) in [6.07, 6.45) is 3.30. The zero-order valence-corrected chi connectivity index (χ0v) is 19.3. The molecule has 0 radical (unpaired) electrons. The van der Waals surface area contributed by atoms with Crippen LogP contribution < -0.4 is 10.6 Å². The van der Waals surface area contributed by atoms with Crippen LogP contribution in [0.2, 0.25) is 0 Å². The third-order valence-electron chi connectivity index (χ3n) is 6.90. The van der Waals surface area contributed by atoms with Gasteiger partial charge in [-0.05, 0) is 69.1 Å². The van der Waals surface area contributed by atoms with Crippen LogP contribution >= 0.6 is 0 Å². The predicted octanol–water partition coefficient (Wildman–Crippen LogP) is 3.38. The highest BCUT2D eigenvalue weighted by atomic mass is 16.2. The number of benzene rings is 2. The Morgan fingerprint density at radius 3 is 2.55 bits per heavy atom. The summed E-state index contributed by atoms with van der Waals surface area (Å²) in [5.41, 5.74) is 1.30. The fraction of sp³-hybridized carbons (Fsp3) is 0.577. The highest BCUT2D eigenvalue weighted by Gasteiger charge is 2.38. The Labute approximate surface area is 187 Å². The predicted molar refractivity (Wildman–Crippen MR) is 128 cm³/mol. The second kappa shape index (κ2) is 10.1. The van der Waals surface area contributed by atoms with Crippen LogP contribution in [0.25, 0.3) is 10.8 Å². The number of rotatable bonds is 7. The molecular weight excluding hydrogens is 384 g/mol. The molecule has 2 aromatic carbocycles. The van der Waals surface area contributed by atoms with E-state index in [0.29, 0.717) is 12.1 Å². The Kier molecular flexibility index (Phi) is 7.26. The smallest absolute Gasteiger partial charge is 0.237 e. The second-order valence-corrected chi connectivity index (χ2v) is 9.55. The van der Waals surface area contributed by atoms with Gasteiger partial charge < -0.3 is 15.5 Å². The van der Waals surface area contributed by atoms with Crippen molar-refractivity contribution in [3.8, 4) is 0 Å². The van der Waals surface area contributed by atoms with E-state index >= 15 is 0 Å². The lowest BCUT2D eigenvalue weighted by molar-refractivity contribution is -0.126. The Morgan fingerprint density at radius 2 is 1.81 bits per heavy atom. The summed E-state index contributed by atoms with van der Waals surface area (Å²) in [4.78, 5) is 18.0. The standard InChI is InChI=1S/C26H38N4O/c1-4-29-14-12-22(13-15-29)28-23-16-25(26(31)27-19(2)3)30(18-23)17-21-10-7-9-20-8-5-6-11-24(20)21/h5-11,19,22-23,25,28H,4,12-18H2,1-3H3,(H,27,31)/t23-,25+/m1/s1. The summed E-state index contributed by atoms with van der Waals surface area (Å²) >= 11 is 0. The van der Waals surface area contributed by atoms with Crippen molar-refractivity contribution < 1.29 is 4.79 Å². The van der Waals surface area contributed by atoms with Crippen LogP contribution in [0.1, 0.15) is 45.6 Å². The first kappa shape index (κ1) is 22.3. The monoisotopic (exact) mass is 422 g/mol. The van der Waals surface area contributed by atoms with Gasteiger partial charge in [-0.2, -0.15) is 0 Å². The fourth-order valence-electron chi connectivity index (χ4n) is 5.25. The van der Waals surface area contributed by atoms with Crippen LogP contribution in [-0.2, 0) is 11.3 Å². The van der Waals surface area contributed by atoms with Gasteiger partial charge in [0.2, 0.25) is 5.91 Å². The normalized spacial score (nSPS) is 23.6. The molecule has 2 saturated heterocycles.